The summed E-state index contributed by atoms with van der Waals surface area (Å²) in [5.41, 5.74) is 1.10. The van der Waals surface area contributed by atoms with E-state index < -0.39 is 24.0 Å². The first kappa shape index (κ1) is 39.0. The van der Waals surface area contributed by atoms with Crippen molar-refractivity contribution >= 4 is 63.7 Å². The Morgan fingerprint density at radius 1 is 0.841 bits per heavy atom. The van der Waals surface area contributed by atoms with Crippen LogP contribution in [0.1, 0.15) is 85.6 Å². The first-order valence-corrected chi connectivity index (χ1v) is 16.5. The average molecular weight is 730 g/mol. The van der Waals surface area contributed by atoms with Crippen molar-refractivity contribution in [2.45, 2.75) is 92.7 Å². The number of anilines is 1. The average Bonchev–Trinajstić information content (AvgIpc) is 2.95. The zero-order valence-electron chi connectivity index (χ0n) is 26.8. The summed E-state index contributed by atoms with van der Waals surface area (Å²) in [4.78, 5) is 73.2. The lowest BCUT2D eigenvalue weighted by Crippen LogP contribution is -2.45. The molecule has 44 heavy (non-hydrogen) atoms. The Kier molecular flexibility index (Phi) is 17.8. The van der Waals surface area contributed by atoms with Gasteiger partial charge in [0, 0.05) is 43.8 Å². The molecule has 0 bridgehead atoms. The minimum Gasteiger partial charge on any atom is -0.465 e. The van der Waals surface area contributed by atoms with Crippen LogP contribution < -0.4 is 16.0 Å². The number of hydrogen-bond acceptors (Lipinski definition) is 8. The third kappa shape index (κ3) is 17.3. The van der Waals surface area contributed by atoms with Crippen LogP contribution in [-0.2, 0) is 40.1 Å². The Hall–Kier alpha value is -3.03. The molecule has 0 radical (unpaired) electrons. The molecule has 2 atom stereocenters. The fourth-order valence-corrected chi connectivity index (χ4v) is 4.22. The summed E-state index contributed by atoms with van der Waals surface area (Å²) in [7, 11) is 0. The molecule has 0 unspecified atom stereocenters. The number of Topliss-reactive ketones (excluding diaryl/α,β-unsaturated/α-hetero) is 2. The van der Waals surface area contributed by atoms with Gasteiger partial charge < -0.3 is 25.4 Å². The summed E-state index contributed by atoms with van der Waals surface area (Å²) in [6, 6.07) is 5.87. The van der Waals surface area contributed by atoms with Gasteiger partial charge in [-0.2, -0.15) is 0 Å². The van der Waals surface area contributed by atoms with Crippen LogP contribution in [0.2, 0.25) is 0 Å². The Balaban J connectivity index is 2.44. The van der Waals surface area contributed by atoms with Crippen LogP contribution in [0.5, 0.6) is 0 Å². The second-order valence-electron chi connectivity index (χ2n) is 12.4. The molecule has 3 amide bonds. The van der Waals surface area contributed by atoms with Gasteiger partial charge in [0.1, 0.15) is 24.2 Å². The summed E-state index contributed by atoms with van der Waals surface area (Å²) in [5, 5.41) is 8.04. The Morgan fingerprint density at radius 2 is 1.48 bits per heavy atom. The fraction of sp³-hybridized carbons (Fsp3) is 0.625. The lowest BCUT2D eigenvalue weighted by molar-refractivity contribution is -0.146. The molecule has 0 aliphatic rings. The quantitative estimate of drug-likeness (QED) is 0.0766. The zero-order valence-corrected chi connectivity index (χ0v) is 28.9. The second kappa shape index (κ2) is 20.1. The van der Waals surface area contributed by atoms with Gasteiger partial charge in [-0.15, -0.1) is 0 Å². The van der Waals surface area contributed by atoms with Crippen molar-refractivity contribution in [3.63, 3.8) is 0 Å². The number of alkyl halides is 1. The number of ether oxygens (including phenoxy) is 2. The van der Waals surface area contributed by atoms with Crippen LogP contribution >= 0.6 is 22.6 Å². The van der Waals surface area contributed by atoms with Crippen molar-refractivity contribution in [1.82, 2.24) is 10.6 Å². The maximum atomic E-state index is 12.9. The number of halogens is 1. The van der Waals surface area contributed by atoms with E-state index in [1.165, 1.54) is 0 Å². The van der Waals surface area contributed by atoms with E-state index in [2.05, 4.69) is 16.0 Å². The summed E-state index contributed by atoms with van der Waals surface area (Å²) in [6.45, 7) is 11.8. The van der Waals surface area contributed by atoms with E-state index in [4.69, 9.17) is 9.47 Å². The van der Waals surface area contributed by atoms with Gasteiger partial charge in [0.2, 0.25) is 11.8 Å². The van der Waals surface area contributed by atoms with Crippen molar-refractivity contribution < 1.29 is 38.2 Å². The molecule has 0 spiro atoms. The van der Waals surface area contributed by atoms with Crippen molar-refractivity contribution in [3.8, 4) is 0 Å². The molecule has 1 aromatic carbocycles. The molecular formula is C32H48IN3O8. The first-order valence-electron chi connectivity index (χ1n) is 15.0. The fourth-order valence-electron chi connectivity index (χ4n) is 3.84. The summed E-state index contributed by atoms with van der Waals surface area (Å²) >= 11 is 2.00. The normalized spacial score (nSPS) is 12.5. The minimum absolute atomic E-state index is 0.0179. The van der Waals surface area contributed by atoms with E-state index in [1.807, 2.05) is 57.2 Å². The monoisotopic (exact) mass is 729 g/mol. The molecule has 246 valence electrons. The molecular weight excluding hydrogens is 681 g/mol. The van der Waals surface area contributed by atoms with Crippen molar-refractivity contribution in [2.24, 2.45) is 17.3 Å². The largest absolute Gasteiger partial charge is 0.465 e. The number of ketones is 2. The molecule has 11 nitrogen and oxygen atoms in total. The van der Waals surface area contributed by atoms with E-state index >= 15 is 0 Å². The molecule has 0 saturated heterocycles. The minimum atomic E-state index is -0.841. The SMILES string of the molecule is CC(C)[C@H](CC(=O)CCCC(=O)CI)C(=O)N[C@@H](C)C(=O)Nc1ccc(COC(=O)NCCCC(=O)OCC(C)(C)C)cc1. The standard InChI is InChI=1S/C32H48IN3O8/c1-21(2)27(17-25(37)9-7-10-26(38)18-33)30(41)35-22(3)29(40)36-24-14-12-23(13-15-24)19-43-31(42)34-16-8-11-28(39)44-20-32(4,5)6/h12-15,21-22,27H,7-11,16-20H2,1-6H3,(H,34,42)(H,35,41)(H,36,40)/t22-,27-/m0/s1. The third-order valence-electron chi connectivity index (χ3n) is 6.49. The first-order chi connectivity index (χ1) is 20.6. The lowest BCUT2D eigenvalue weighted by Gasteiger charge is -2.22. The van der Waals surface area contributed by atoms with Crippen LogP contribution in [0.4, 0.5) is 10.5 Å². The highest BCUT2D eigenvalue weighted by Gasteiger charge is 2.27. The van der Waals surface area contributed by atoms with Crippen LogP contribution in [0.3, 0.4) is 0 Å². The number of rotatable bonds is 19. The Labute approximate surface area is 274 Å². The molecule has 1 aromatic rings. The number of benzene rings is 1. The van der Waals surface area contributed by atoms with Gasteiger partial charge in [0.25, 0.3) is 0 Å². The summed E-state index contributed by atoms with van der Waals surface area (Å²) in [6.07, 6.45) is 1.16. The number of esters is 1. The number of amides is 3. The van der Waals surface area contributed by atoms with Crippen molar-refractivity contribution in [2.75, 3.05) is 22.9 Å². The molecule has 0 heterocycles. The van der Waals surface area contributed by atoms with E-state index in [9.17, 15) is 28.8 Å². The maximum absolute atomic E-state index is 12.9. The van der Waals surface area contributed by atoms with E-state index in [1.54, 1.807) is 31.2 Å². The molecule has 12 heteroatoms. The smallest absolute Gasteiger partial charge is 0.407 e. The third-order valence-corrected chi connectivity index (χ3v) is 7.34. The zero-order chi connectivity index (χ0) is 33.3. The number of alkyl carbamates (subject to hydrolysis) is 1. The predicted octanol–water partition coefficient (Wildman–Crippen LogP) is 5.13. The van der Waals surface area contributed by atoms with Gasteiger partial charge in [-0.1, -0.05) is 69.3 Å². The summed E-state index contributed by atoms with van der Waals surface area (Å²) < 4.78 is 10.8. The van der Waals surface area contributed by atoms with Gasteiger partial charge in [0.15, 0.2) is 0 Å². The number of nitrogens with one attached hydrogen (secondary N) is 3. The highest BCUT2D eigenvalue weighted by Crippen LogP contribution is 2.19. The van der Waals surface area contributed by atoms with E-state index in [0.717, 1.165) is 0 Å². The molecule has 0 saturated carbocycles. The topological polar surface area (TPSA) is 157 Å². The van der Waals surface area contributed by atoms with Gasteiger partial charge >= 0.3 is 12.1 Å². The highest BCUT2D eigenvalue weighted by atomic mass is 127. The highest BCUT2D eigenvalue weighted by molar-refractivity contribution is 14.1. The van der Waals surface area contributed by atoms with Gasteiger partial charge in [0.05, 0.1) is 11.0 Å². The van der Waals surface area contributed by atoms with Crippen molar-refractivity contribution in [3.05, 3.63) is 29.8 Å². The maximum Gasteiger partial charge on any atom is 0.407 e. The van der Waals surface area contributed by atoms with Crippen LogP contribution in [0, 0.1) is 17.3 Å². The molecule has 0 fully saturated rings. The van der Waals surface area contributed by atoms with Crippen LogP contribution in [0.15, 0.2) is 24.3 Å². The predicted molar refractivity (Wildman–Crippen MR) is 176 cm³/mol. The second-order valence-corrected chi connectivity index (χ2v) is 13.1. The number of hydrogen-bond donors (Lipinski definition) is 3. The van der Waals surface area contributed by atoms with Gasteiger partial charge in [-0.25, -0.2) is 4.79 Å². The lowest BCUT2D eigenvalue weighted by atomic mass is 9.88. The number of carbonyl (C=O) groups is 6. The Morgan fingerprint density at radius 3 is 2.07 bits per heavy atom. The summed E-state index contributed by atoms with van der Waals surface area (Å²) in [5.74, 6) is -1.76. The van der Waals surface area contributed by atoms with Crippen LogP contribution in [0.25, 0.3) is 0 Å². The van der Waals surface area contributed by atoms with E-state index in [-0.39, 0.29) is 67.2 Å². The molecule has 0 aliphatic carbocycles. The van der Waals surface area contributed by atoms with E-state index in [0.29, 0.717) is 41.5 Å². The molecule has 0 aromatic heterocycles. The molecule has 1 rings (SSSR count). The Bertz CT molecular complexity index is 1120. The van der Waals surface area contributed by atoms with Crippen LogP contribution in [-0.4, -0.2) is 59.1 Å². The van der Waals surface area contributed by atoms with Gasteiger partial charge in [-0.05, 0) is 48.8 Å². The van der Waals surface area contributed by atoms with Gasteiger partial charge in [-0.3, -0.25) is 24.0 Å². The number of carbonyl (C=O) groups excluding carboxylic acids is 6. The molecule has 3 N–H and O–H groups in total. The molecule has 0 aliphatic heterocycles. The van der Waals surface area contributed by atoms with Crippen molar-refractivity contribution in [1.29, 1.82) is 0 Å².